The lowest BCUT2D eigenvalue weighted by Gasteiger charge is -2.18. The number of benzene rings is 2. The van der Waals surface area contributed by atoms with Crippen molar-refractivity contribution in [3.8, 4) is 0 Å². The van der Waals surface area contributed by atoms with Crippen LogP contribution in [-0.4, -0.2) is 29.9 Å². The van der Waals surface area contributed by atoms with Gasteiger partial charge >= 0.3 is 0 Å². The Kier molecular flexibility index (Phi) is 7.34. The second-order valence-electron chi connectivity index (χ2n) is 5.17. The van der Waals surface area contributed by atoms with E-state index in [1.54, 1.807) is 36.0 Å². The van der Waals surface area contributed by atoms with Gasteiger partial charge in [-0.05, 0) is 54.8 Å². The zero-order valence-electron chi connectivity index (χ0n) is 13.3. The molecule has 2 amide bonds. The largest absolute Gasteiger partial charge is 0.340 e. The Bertz CT molecular complexity index is 677. The van der Waals surface area contributed by atoms with E-state index < -0.39 is 6.04 Å². The predicted octanol–water partition coefficient (Wildman–Crippen LogP) is 3.94. The molecule has 0 aliphatic heterocycles. The molecule has 0 fully saturated rings. The van der Waals surface area contributed by atoms with E-state index in [1.807, 2.05) is 36.6 Å². The highest BCUT2D eigenvalue weighted by molar-refractivity contribution is 9.10. The van der Waals surface area contributed by atoms with Crippen LogP contribution >= 0.6 is 27.7 Å². The van der Waals surface area contributed by atoms with Gasteiger partial charge < -0.3 is 10.6 Å². The normalized spacial score (nSPS) is 11.6. The van der Waals surface area contributed by atoms with Crippen LogP contribution in [0.4, 0.5) is 5.69 Å². The molecule has 2 aromatic rings. The SMILES string of the molecule is CSCCC(NC(=O)c1ccccc1)C(=O)Nc1ccc(Br)cc1. The predicted molar refractivity (Wildman–Crippen MR) is 103 cm³/mol. The molecule has 0 saturated heterocycles. The Morgan fingerprint density at radius 1 is 1.08 bits per heavy atom. The van der Waals surface area contributed by atoms with Gasteiger partial charge in [-0.25, -0.2) is 0 Å². The van der Waals surface area contributed by atoms with Gasteiger partial charge in [0, 0.05) is 15.7 Å². The number of carbonyl (C=O) groups is 2. The third-order valence-electron chi connectivity index (χ3n) is 3.38. The highest BCUT2D eigenvalue weighted by Gasteiger charge is 2.21. The van der Waals surface area contributed by atoms with E-state index in [9.17, 15) is 9.59 Å². The fourth-order valence-corrected chi connectivity index (χ4v) is 2.83. The first-order valence-electron chi connectivity index (χ1n) is 7.51. The number of hydrogen-bond donors (Lipinski definition) is 2. The molecular weight excluding hydrogens is 388 g/mol. The number of hydrogen-bond acceptors (Lipinski definition) is 3. The molecule has 1 unspecified atom stereocenters. The van der Waals surface area contributed by atoms with Crippen molar-refractivity contribution >= 4 is 45.2 Å². The Hall–Kier alpha value is -1.79. The number of anilines is 1. The minimum Gasteiger partial charge on any atom is -0.340 e. The summed E-state index contributed by atoms with van der Waals surface area (Å²) in [5.41, 5.74) is 1.24. The quantitative estimate of drug-likeness (QED) is 0.731. The van der Waals surface area contributed by atoms with E-state index in [0.717, 1.165) is 10.2 Å². The first-order valence-corrected chi connectivity index (χ1v) is 9.70. The number of thioether (sulfide) groups is 1. The summed E-state index contributed by atoms with van der Waals surface area (Å²) in [6, 6.07) is 15.7. The van der Waals surface area contributed by atoms with Crippen LogP contribution in [0.15, 0.2) is 59.1 Å². The summed E-state index contributed by atoms with van der Waals surface area (Å²) in [5, 5.41) is 5.68. The number of amides is 2. The molecule has 0 heterocycles. The summed E-state index contributed by atoms with van der Waals surface area (Å²) >= 11 is 5.00. The second-order valence-corrected chi connectivity index (χ2v) is 7.07. The van der Waals surface area contributed by atoms with Crippen LogP contribution in [0, 0.1) is 0 Å². The lowest BCUT2D eigenvalue weighted by Crippen LogP contribution is -2.44. The van der Waals surface area contributed by atoms with Gasteiger partial charge in [0.1, 0.15) is 6.04 Å². The van der Waals surface area contributed by atoms with Crippen molar-refractivity contribution in [2.24, 2.45) is 0 Å². The van der Waals surface area contributed by atoms with Crippen LogP contribution in [0.25, 0.3) is 0 Å². The summed E-state index contributed by atoms with van der Waals surface area (Å²) in [6.07, 6.45) is 2.55. The standard InChI is InChI=1S/C18H19BrN2O2S/c1-24-12-11-16(21-17(22)13-5-3-2-4-6-13)18(23)20-15-9-7-14(19)8-10-15/h2-10,16H,11-12H2,1H3,(H,20,23)(H,21,22). The Labute approximate surface area is 154 Å². The lowest BCUT2D eigenvalue weighted by atomic mass is 10.1. The van der Waals surface area contributed by atoms with Crippen LogP contribution in [-0.2, 0) is 4.79 Å². The zero-order chi connectivity index (χ0) is 17.4. The fourth-order valence-electron chi connectivity index (χ4n) is 2.10. The first-order chi connectivity index (χ1) is 11.6. The molecule has 0 aliphatic carbocycles. The van der Waals surface area contributed by atoms with E-state index in [1.165, 1.54) is 0 Å². The van der Waals surface area contributed by atoms with E-state index in [0.29, 0.717) is 17.7 Å². The topological polar surface area (TPSA) is 58.2 Å². The third kappa shape index (κ3) is 5.69. The molecule has 126 valence electrons. The minimum atomic E-state index is -0.575. The van der Waals surface area contributed by atoms with E-state index in [-0.39, 0.29) is 11.8 Å². The van der Waals surface area contributed by atoms with Gasteiger partial charge in [-0.1, -0.05) is 34.1 Å². The van der Waals surface area contributed by atoms with Crippen molar-refractivity contribution in [1.29, 1.82) is 0 Å². The van der Waals surface area contributed by atoms with Crippen LogP contribution in [0.1, 0.15) is 16.8 Å². The van der Waals surface area contributed by atoms with Crippen molar-refractivity contribution < 1.29 is 9.59 Å². The molecule has 2 rings (SSSR count). The summed E-state index contributed by atoms with van der Waals surface area (Å²) < 4.78 is 0.941. The zero-order valence-corrected chi connectivity index (χ0v) is 15.7. The maximum atomic E-state index is 12.5. The first kappa shape index (κ1) is 18.5. The van der Waals surface area contributed by atoms with Gasteiger partial charge in [-0.15, -0.1) is 0 Å². The third-order valence-corrected chi connectivity index (χ3v) is 4.55. The smallest absolute Gasteiger partial charge is 0.251 e. The molecular formula is C18H19BrN2O2S. The average molecular weight is 407 g/mol. The maximum Gasteiger partial charge on any atom is 0.251 e. The van der Waals surface area contributed by atoms with Gasteiger partial charge in [-0.3, -0.25) is 9.59 Å². The van der Waals surface area contributed by atoms with Crippen molar-refractivity contribution in [2.75, 3.05) is 17.3 Å². The summed E-state index contributed by atoms with van der Waals surface area (Å²) in [7, 11) is 0. The molecule has 24 heavy (non-hydrogen) atoms. The summed E-state index contributed by atoms with van der Waals surface area (Å²) in [4.78, 5) is 24.8. The molecule has 1 atom stereocenters. The molecule has 0 radical (unpaired) electrons. The molecule has 2 aromatic carbocycles. The highest BCUT2D eigenvalue weighted by Crippen LogP contribution is 2.15. The average Bonchev–Trinajstić information content (AvgIpc) is 2.61. The van der Waals surface area contributed by atoms with Gasteiger partial charge in [-0.2, -0.15) is 11.8 Å². The Morgan fingerprint density at radius 2 is 1.75 bits per heavy atom. The number of rotatable bonds is 7. The number of nitrogens with one attached hydrogen (secondary N) is 2. The van der Waals surface area contributed by atoms with Gasteiger partial charge in [0.25, 0.3) is 5.91 Å². The van der Waals surface area contributed by atoms with E-state index in [2.05, 4.69) is 26.6 Å². The fraction of sp³-hybridized carbons (Fsp3) is 0.222. The Morgan fingerprint density at radius 3 is 2.38 bits per heavy atom. The maximum absolute atomic E-state index is 12.5. The summed E-state index contributed by atoms with van der Waals surface area (Å²) in [5.74, 6) is 0.330. The minimum absolute atomic E-state index is 0.212. The van der Waals surface area contributed by atoms with Crippen LogP contribution in [0.3, 0.4) is 0 Å². The molecule has 0 aliphatic rings. The van der Waals surface area contributed by atoms with E-state index >= 15 is 0 Å². The van der Waals surface area contributed by atoms with Gasteiger partial charge in [0.2, 0.25) is 5.91 Å². The van der Waals surface area contributed by atoms with Crippen molar-refractivity contribution in [3.05, 3.63) is 64.6 Å². The molecule has 6 heteroatoms. The monoisotopic (exact) mass is 406 g/mol. The van der Waals surface area contributed by atoms with Crippen molar-refractivity contribution in [1.82, 2.24) is 5.32 Å². The number of carbonyl (C=O) groups excluding carboxylic acids is 2. The van der Waals surface area contributed by atoms with Gasteiger partial charge in [0.15, 0.2) is 0 Å². The molecule has 0 spiro atoms. The molecule has 2 N–H and O–H groups in total. The molecule has 4 nitrogen and oxygen atoms in total. The summed E-state index contributed by atoms with van der Waals surface area (Å²) in [6.45, 7) is 0. The number of halogens is 1. The highest BCUT2D eigenvalue weighted by atomic mass is 79.9. The second kappa shape index (κ2) is 9.49. The molecule has 0 aromatic heterocycles. The van der Waals surface area contributed by atoms with Gasteiger partial charge in [0.05, 0.1) is 0 Å². The van der Waals surface area contributed by atoms with Crippen LogP contribution in [0.2, 0.25) is 0 Å². The van der Waals surface area contributed by atoms with Crippen molar-refractivity contribution in [2.45, 2.75) is 12.5 Å². The lowest BCUT2D eigenvalue weighted by molar-refractivity contribution is -0.118. The van der Waals surface area contributed by atoms with Crippen molar-refractivity contribution in [3.63, 3.8) is 0 Å². The van der Waals surface area contributed by atoms with Crippen LogP contribution in [0.5, 0.6) is 0 Å². The van der Waals surface area contributed by atoms with Crippen LogP contribution < -0.4 is 10.6 Å². The Balaban J connectivity index is 2.04. The van der Waals surface area contributed by atoms with E-state index in [4.69, 9.17) is 0 Å². The molecule has 0 bridgehead atoms. The molecule has 0 saturated carbocycles.